The third kappa shape index (κ3) is 6.50. The number of aromatic nitrogens is 3. The van der Waals surface area contributed by atoms with Gasteiger partial charge in [-0.15, -0.1) is 11.3 Å². The van der Waals surface area contributed by atoms with Crippen LogP contribution in [0.2, 0.25) is 0 Å². The maximum atomic E-state index is 12.9. The first kappa shape index (κ1) is 29.8. The van der Waals surface area contributed by atoms with E-state index in [1.54, 1.807) is 6.07 Å². The Hall–Kier alpha value is -3.24. The summed E-state index contributed by atoms with van der Waals surface area (Å²) in [5.74, 6) is 0.606. The van der Waals surface area contributed by atoms with Crippen molar-refractivity contribution in [3.63, 3.8) is 0 Å². The van der Waals surface area contributed by atoms with Crippen LogP contribution >= 0.6 is 11.3 Å². The van der Waals surface area contributed by atoms with Crippen molar-refractivity contribution in [2.45, 2.75) is 76.9 Å². The highest BCUT2D eigenvalue weighted by Crippen LogP contribution is 2.33. The molecule has 2 fully saturated rings. The third-order valence-electron chi connectivity index (χ3n) is 8.98. The smallest absolute Gasteiger partial charge is 0.367 e. The van der Waals surface area contributed by atoms with E-state index in [4.69, 9.17) is 5.73 Å². The fraction of sp³-hybridized carbons (Fsp3) is 0.516. The number of likely N-dealkylation sites (tertiary alicyclic amines) is 2. The number of halogens is 3. The number of thiophene rings is 1. The number of piperidine rings is 1. The minimum atomic E-state index is -4.25. The van der Waals surface area contributed by atoms with E-state index in [9.17, 15) is 18.4 Å². The second kappa shape index (κ2) is 12.0. The van der Waals surface area contributed by atoms with Crippen molar-refractivity contribution >= 4 is 38.3 Å². The molecular weight excluding hydrogens is 573 g/mol. The molecule has 2 aliphatic heterocycles. The lowest BCUT2D eigenvalue weighted by Crippen LogP contribution is -2.39. The molecule has 228 valence electrons. The predicted molar refractivity (Wildman–Crippen MR) is 164 cm³/mol. The molecule has 0 radical (unpaired) electrons. The first-order valence-corrected chi connectivity index (χ1v) is 15.7. The lowest BCUT2D eigenvalue weighted by Gasteiger charge is -2.33. The number of hydrogen-bond donors (Lipinski definition) is 2. The Morgan fingerprint density at radius 1 is 1.14 bits per heavy atom. The van der Waals surface area contributed by atoms with Gasteiger partial charge in [-0.05, 0) is 62.4 Å². The summed E-state index contributed by atoms with van der Waals surface area (Å²) in [6, 6.07) is 11.1. The number of nitrogens with one attached hydrogen (secondary N) is 1. The van der Waals surface area contributed by atoms with E-state index < -0.39 is 12.6 Å². The number of aryl methyl sites for hydroxylation is 1. The van der Waals surface area contributed by atoms with Crippen LogP contribution in [0.3, 0.4) is 0 Å². The monoisotopic (exact) mass is 610 g/mol. The number of nitrogens with two attached hydrogens (primary N) is 1. The number of fused-ring (bicyclic) bond motifs is 2. The maximum Gasteiger partial charge on any atom is 0.393 e. The van der Waals surface area contributed by atoms with Crippen LogP contribution in [0.5, 0.6) is 0 Å². The number of alkyl halides is 3. The van der Waals surface area contributed by atoms with Gasteiger partial charge in [0.25, 0.3) is 0 Å². The van der Waals surface area contributed by atoms with Crippen LogP contribution in [-0.4, -0.2) is 74.8 Å². The molecule has 43 heavy (non-hydrogen) atoms. The molecular formula is C31H37F3N8S. The number of rotatable bonds is 8. The van der Waals surface area contributed by atoms with Crippen LogP contribution in [0.25, 0.3) is 21.1 Å². The molecule has 0 bridgehead atoms. The van der Waals surface area contributed by atoms with Crippen molar-refractivity contribution in [1.82, 2.24) is 24.3 Å². The molecule has 5 heterocycles. The van der Waals surface area contributed by atoms with E-state index in [1.807, 2.05) is 6.07 Å². The summed E-state index contributed by atoms with van der Waals surface area (Å²) in [5, 5.41) is 15.2. The van der Waals surface area contributed by atoms with E-state index >= 15 is 0 Å². The summed E-state index contributed by atoms with van der Waals surface area (Å²) in [4.78, 5) is 14.2. The number of benzene rings is 1. The summed E-state index contributed by atoms with van der Waals surface area (Å²) >= 11 is 1.07. The molecule has 12 heteroatoms. The highest BCUT2D eigenvalue weighted by Gasteiger charge is 2.30. The fourth-order valence-electron chi connectivity index (χ4n) is 6.55. The summed E-state index contributed by atoms with van der Waals surface area (Å²) in [5.41, 5.74) is 10.4. The highest BCUT2D eigenvalue weighted by atomic mass is 32.1. The van der Waals surface area contributed by atoms with Crippen molar-refractivity contribution in [2.75, 3.05) is 31.5 Å². The Kier molecular flexibility index (Phi) is 8.35. The van der Waals surface area contributed by atoms with Gasteiger partial charge in [0.15, 0.2) is 0 Å². The van der Waals surface area contributed by atoms with Crippen LogP contribution in [-0.2, 0) is 19.5 Å². The zero-order chi connectivity index (χ0) is 30.3. The molecule has 1 aromatic carbocycles. The van der Waals surface area contributed by atoms with E-state index in [2.05, 4.69) is 61.7 Å². The first-order chi connectivity index (χ1) is 20.6. The van der Waals surface area contributed by atoms with Crippen molar-refractivity contribution in [3.8, 4) is 6.07 Å². The van der Waals surface area contributed by atoms with Gasteiger partial charge in [-0.1, -0.05) is 6.07 Å². The Bertz CT molecular complexity index is 1650. The fourth-order valence-corrected chi connectivity index (χ4v) is 7.58. The average molecular weight is 611 g/mol. The number of anilines is 1. The average Bonchev–Trinajstić information content (AvgIpc) is 3.67. The summed E-state index contributed by atoms with van der Waals surface area (Å²) < 4.78 is 40.9. The van der Waals surface area contributed by atoms with E-state index in [0.29, 0.717) is 27.8 Å². The lowest BCUT2D eigenvalue weighted by atomic mass is 10.0. The zero-order valence-electron chi connectivity index (χ0n) is 24.5. The number of nitrogens with zero attached hydrogens (tertiary/aromatic N) is 6. The van der Waals surface area contributed by atoms with Gasteiger partial charge in [-0.25, -0.2) is 9.97 Å². The van der Waals surface area contributed by atoms with Crippen LogP contribution < -0.4 is 11.1 Å². The lowest BCUT2D eigenvalue weighted by molar-refractivity contribution is -0.126. The molecule has 3 aromatic heterocycles. The van der Waals surface area contributed by atoms with E-state index in [-0.39, 0.29) is 17.0 Å². The van der Waals surface area contributed by atoms with E-state index in [1.165, 1.54) is 17.5 Å². The van der Waals surface area contributed by atoms with Gasteiger partial charge in [-0.2, -0.15) is 18.4 Å². The molecule has 0 aliphatic carbocycles. The summed E-state index contributed by atoms with van der Waals surface area (Å²) in [7, 11) is 0. The normalized spacial score (nSPS) is 19.8. The molecule has 2 atom stereocenters. The van der Waals surface area contributed by atoms with Gasteiger partial charge >= 0.3 is 6.18 Å². The Balaban J connectivity index is 1.10. The second-order valence-corrected chi connectivity index (χ2v) is 13.2. The quantitative estimate of drug-likeness (QED) is 0.275. The van der Waals surface area contributed by atoms with Crippen molar-refractivity contribution in [3.05, 3.63) is 52.3 Å². The SMILES string of the molecule is Cc1c(CN2CCC(Nc3ncnc4sc(CC(F)(F)F)cc34)CC2)ccc2c1cc(C#N)n2CC(C)N1CCC(N)C1. The second-order valence-electron chi connectivity index (χ2n) is 12.1. The minimum Gasteiger partial charge on any atom is -0.367 e. The standard InChI is InChI=1S/C31H37F3N8S/c1-19(41-10-5-22(36)17-41)15-42-24(14-35)11-26-20(2)21(3-4-28(26)42)16-40-8-6-23(7-9-40)39-29-27-12-25(13-31(32,33)34)43-30(27)38-18-37-29/h3-4,11-12,18-19,22-23H,5-10,13,15-17,36H2,1-2H3,(H,37,38,39). The summed E-state index contributed by atoms with van der Waals surface area (Å²) in [6.07, 6.45) is -0.963. The molecule has 4 aromatic rings. The van der Waals surface area contributed by atoms with Crippen LogP contribution in [0, 0.1) is 18.3 Å². The van der Waals surface area contributed by atoms with Crippen LogP contribution in [0.4, 0.5) is 19.0 Å². The molecule has 0 spiro atoms. The maximum absolute atomic E-state index is 12.9. The Morgan fingerprint density at radius 3 is 2.63 bits per heavy atom. The van der Waals surface area contributed by atoms with Gasteiger partial charge in [0.05, 0.1) is 11.8 Å². The molecule has 2 aliphatic rings. The van der Waals surface area contributed by atoms with Gasteiger partial charge < -0.3 is 15.6 Å². The minimum absolute atomic E-state index is 0.184. The van der Waals surface area contributed by atoms with Crippen molar-refractivity contribution in [1.29, 1.82) is 5.26 Å². The van der Waals surface area contributed by atoms with Gasteiger partial charge in [-0.3, -0.25) is 9.80 Å². The molecule has 6 rings (SSSR count). The van der Waals surface area contributed by atoms with Crippen molar-refractivity contribution < 1.29 is 13.2 Å². The first-order valence-electron chi connectivity index (χ1n) is 14.9. The topological polar surface area (TPSA) is 99.0 Å². The summed E-state index contributed by atoms with van der Waals surface area (Å²) in [6.45, 7) is 9.63. The van der Waals surface area contributed by atoms with Crippen LogP contribution in [0.15, 0.2) is 30.6 Å². The Labute approximate surface area is 253 Å². The molecule has 2 saturated heterocycles. The molecule has 3 N–H and O–H groups in total. The highest BCUT2D eigenvalue weighted by molar-refractivity contribution is 7.18. The van der Waals surface area contributed by atoms with Gasteiger partial charge in [0.2, 0.25) is 0 Å². The third-order valence-corrected chi connectivity index (χ3v) is 10.0. The molecule has 2 unspecified atom stereocenters. The zero-order valence-corrected chi connectivity index (χ0v) is 25.3. The van der Waals surface area contributed by atoms with E-state index in [0.717, 1.165) is 80.8 Å². The van der Waals surface area contributed by atoms with Crippen LogP contribution in [0.1, 0.15) is 47.9 Å². The van der Waals surface area contributed by atoms with Crippen molar-refractivity contribution in [2.24, 2.45) is 5.73 Å². The molecule has 8 nitrogen and oxygen atoms in total. The predicted octanol–water partition coefficient (Wildman–Crippen LogP) is 5.43. The number of hydrogen-bond acceptors (Lipinski definition) is 8. The Morgan fingerprint density at radius 2 is 1.93 bits per heavy atom. The molecule has 0 saturated carbocycles. The largest absolute Gasteiger partial charge is 0.393 e. The van der Waals surface area contributed by atoms with Gasteiger partial charge in [0.1, 0.15) is 28.7 Å². The molecule has 0 amide bonds. The van der Waals surface area contributed by atoms with Gasteiger partial charge in [0, 0.05) is 73.2 Å². The number of nitriles is 1.